The first-order valence-corrected chi connectivity index (χ1v) is 7.01. The van der Waals surface area contributed by atoms with Crippen molar-refractivity contribution in [2.45, 2.75) is 19.9 Å². The van der Waals surface area contributed by atoms with Crippen LogP contribution in [0.15, 0.2) is 18.2 Å². The summed E-state index contributed by atoms with van der Waals surface area (Å²) in [6.45, 7) is 4.46. The number of ether oxygens (including phenoxy) is 1. The molecule has 0 saturated carbocycles. The van der Waals surface area contributed by atoms with Gasteiger partial charge in [-0.1, -0.05) is 0 Å². The molecule has 0 aliphatic heterocycles. The molecule has 0 spiro atoms. The van der Waals surface area contributed by atoms with Crippen molar-refractivity contribution >= 4 is 16.5 Å². The molecule has 3 nitrogen and oxygen atoms in total. The van der Waals surface area contributed by atoms with Crippen LogP contribution in [0, 0.1) is 18.6 Å². The number of benzene rings is 1. The van der Waals surface area contributed by atoms with Gasteiger partial charge in [0.25, 0.3) is 0 Å². The fourth-order valence-electron chi connectivity index (χ4n) is 1.87. The normalized spacial score (nSPS) is 12.4. The second kappa shape index (κ2) is 6.28. The van der Waals surface area contributed by atoms with Crippen LogP contribution in [0.4, 0.5) is 13.9 Å². The van der Waals surface area contributed by atoms with E-state index in [4.69, 9.17) is 4.74 Å². The molecule has 1 N–H and O–H groups in total. The van der Waals surface area contributed by atoms with Gasteiger partial charge in [-0.3, -0.25) is 0 Å². The number of anilines is 1. The van der Waals surface area contributed by atoms with Crippen LogP contribution in [0.5, 0.6) is 0 Å². The molecule has 108 valence electrons. The summed E-state index contributed by atoms with van der Waals surface area (Å²) in [5, 5.41) is 3.96. The first kappa shape index (κ1) is 14.9. The minimum atomic E-state index is -0.864. The SMILES string of the molecule is COCC(C)Nc1nc(-c2ccc(F)c(F)c2)c(C)s1. The summed E-state index contributed by atoms with van der Waals surface area (Å²) >= 11 is 1.48. The highest BCUT2D eigenvalue weighted by molar-refractivity contribution is 7.16. The van der Waals surface area contributed by atoms with E-state index in [9.17, 15) is 8.78 Å². The largest absolute Gasteiger partial charge is 0.383 e. The van der Waals surface area contributed by atoms with Gasteiger partial charge in [-0.05, 0) is 32.0 Å². The third kappa shape index (κ3) is 3.32. The van der Waals surface area contributed by atoms with Crippen molar-refractivity contribution in [3.8, 4) is 11.3 Å². The van der Waals surface area contributed by atoms with Crippen LogP contribution in [-0.4, -0.2) is 24.7 Å². The van der Waals surface area contributed by atoms with E-state index in [1.165, 1.54) is 23.5 Å². The first-order chi connectivity index (χ1) is 9.51. The van der Waals surface area contributed by atoms with Crippen LogP contribution in [0.1, 0.15) is 11.8 Å². The van der Waals surface area contributed by atoms with Gasteiger partial charge in [-0.2, -0.15) is 0 Å². The number of methoxy groups -OCH3 is 1. The van der Waals surface area contributed by atoms with Crippen molar-refractivity contribution < 1.29 is 13.5 Å². The molecule has 2 aromatic rings. The van der Waals surface area contributed by atoms with Crippen molar-refractivity contribution in [2.75, 3.05) is 19.0 Å². The van der Waals surface area contributed by atoms with Gasteiger partial charge >= 0.3 is 0 Å². The molecule has 6 heteroatoms. The lowest BCUT2D eigenvalue weighted by Gasteiger charge is -2.10. The van der Waals surface area contributed by atoms with Crippen LogP contribution in [0.25, 0.3) is 11.3 Å². The van der Waals surface area contributed by atoms with Crippen molar-refractivity contribution in [2.24, 2.45) is 0 Å². The molecule has 1 atom stereocenters. The third-order valence-electron chi connectivity index (χ3n) is 2.78. The number of hydrogen-bond acceptors (Lipinski definition) is 4. The maximum absolute atomic E-state index is 13.3. The van der Waals surface area contributed by atoms with Gasteiger partial charge in [0.05, 0.1) is 12.3 Å². The highest BCUT2D eigenvalue weighted by atomic mass is 32.1. The third-order valence-corrected chi connectivity index (χ3v) is 3.68. The number of nitrogens with one attached hydrogen (secondary N) is 1. The van der Waals surface area contributed by atoms with Gasteiger partial charge in [0.1, 0.15) is 0 Å². The van der Waals surface area contributed by atoms with Crippen LogP contribution >= 0.6 is 11.3 Å². The van der Waals surface area contributed by atoms with Gasteiger partial charge in [-0.25, -0.2) is 13.8 Å². The zero-order valence-corrected chi connectivity index (χ0v) is 12.4. The number of aryl methyl sites for hydroxylation is 1. The van der Waals surface area contributed by atoms with E-state index in [2.05, 4.69) is 10.3 Å². The van der Waals surface area contributed by atoms with Gasteiger partial charge in [0, 0.05) is 23.6 Å². The zero-order valence-electron chi connectivity index (χ0n) is 11.5. The van der Waals surface area contributed by atoms with Crippen LogP contribution in [-0.2, 0) is 4.74 Å². The lowest BCUT2D eigenvalue weighted by Crippen LogP contribution is -2.20. The molecule has 0 aliphatic carbocycles. The molecule has 1 aromatic heterocycles. The predicted octanol–water partition coefficient (Wildman–Crippen LogP) is 3.84. The van der Waals surface area contributed by atoms with E-state index < -0.39 is 11.6 Å². The van der Waals surface area contributed by atoms with E-state index in [-0.39, 0.29) is 6.04 Å². The number of aromatic nitrogens is 1. The molecule has 0 fully saturated rings. The maximum Gasteiger partial charge on any atom is 0.183 e. The Kier molecular flexibility index (Phi) is 4.67. The summed E-state index contributed by atoms with van der Waals surface area (Å²) < 4.78 is 31.3. The highest BCUT2D eigenvalue weighted by Crippen LogP contribution is 2.31. The molecule has 0 saturated heterocycles. The summed E-state index contributed by atoms with van der Waals surface area (Å²) in [6.07, 6.45) is 0. The maximum atomic E-state index is 13.3. The van der Waals surface area contributed by atoms with Gasteiger partial charge in [-0.15, -0.1) is 11.3 Å². The Balaban J connectivity index is 2.24. The monoisotopic (exact) mass is 298 g/mol. The number of nitrogens with zero attached hydrogens (tertiary/aromatic N) is 1. The molecular formula is C14H16F2N2OS. The van der Waals surface area contributed by atoms with E-state index in [0.29, 0.717) is 17.9 Å². The quantitative estimate of drug-likeness (QED) is 0.910. The second-order valence-corrected chi connectivity index (χ2v) is 5.76. The number of thiazole rings is 1. The van der Waals surface area contributed by atoms with Gasteiger partial charge < -0.3 is 10.1 Å². The fraction of sp³-hybridized carbons (Fsp3) is 0.357. The predicted molar refractivity (Wildman–Crippen MR) is 77.2 cm³/mol. The van der Waals surface area contributed by atoms with E-state index in [0.717, 1.165) is 16.1 Å². The lowest BCUT2D eigenvalue weighted by atomic mass is 10.1. The Labute approximate surface area is 120 Å². The van der Waals surface area contributed by atoms with E-state index in [1.807, 2.05) is 13.8 Å². The van der Waals surface area contributed by atoms with E-state index >= 15 is 0 Å². The summed E-state index contributed by atoms with van der Waals surface area (Å²) in [5.41, 5.74) is 1.24. The smallest absolute Gasteiger partial charge is 0.183 e. The second-order valence-electron chi connectivity index (χ2n) is 4.55. The van der Waals surface area contributed by atoms with Crippen molar-refractivity contribution in [3.05, 3.63) is 34.7 Å². The Morgan fingerprint density at radius 3 is 2.75 bits per heavy atom. The molecule has 0 radical (unpaired) electrons. The van der Waals surface area contributed by atoms with Crippen molar-refractivity contribution in [1.82, 2.24) is 4.98 Å². The minimum absolute atomic E-state index is 0.128. The molecule has 1 heterocycles. The average Bonchev–Trinajstić information content (AvgIpc) is 2.74. The lowest BCUT2D eigenvalue weighted by molar-refractivity contribution is 0.190. The zero-order chi connectivity index (χ0) is 14.7. The van der Waals surface area contributed by atoms with Crippen LogP contribution in [0.2, 0.25) is 0 Å². The fourth-order valence-corrected chi connectivity index (χ4v) is 2.82. The van der Waals surface area contributed by atoms with Crippen molar-refractivity contribution in [1.29, 1.82) is 0 Å². The number of hydrogen-bond donors (Lipinski definition) is 1. The number of rotatable bonds is 5. The molecule has 0 aliphatic rings. The summed E-state index contributed by atoms with van der Waals surface area (Å²) in [5.74, 6) is -1.72. The van der Waals surface area contributed by atoms with Crippen LogP contribution in [0.3, 0.4) is 0 Å². The average molecular weight is 298 g/mol. The van der Waals surface area contributed by atoms with Gasteiger partial charge in [0.2, 0.25) is 0 Å². The topological polar surface area (TPSA) is 34.1 Å². The molecule has 2 rings (SSSR count). The number of halogens is 2. The minimum Gasteiger partial charge on any atom is -0.383 e. The molecular weight excluding hydrogens is 282 g/mol. The first-order valence-electron chi connectivity index (χ1n) is 6.19. The van der Waals surface area contributed by atoms with Crippen LogP contribution < -0.4 is 5.32 Å². The highest BCUT2D eigenvalue weighted by Gasteiger charge is 2.13. The summed E-state index contributed by atoms with van der Waals surface area (Å²) in [6, 6.07) is 3.94. The van der Waals surface area contributed by atoms with Gasteiger partial charge in [0.15, 0.2) is 16.8 Å². The molecule has 0 amide bonds. The Morgan fingerprint density at radius 1 is 1.35 bits per heavy atom. The standard InChI is InChI=1S/C14H16F2N2OS/c1-8(7-19-3)17-14-18-13(9(2)20-14)10-4-5-11(15)12(16)6-10/h4-6,8H,7H2,1-3H3,(H,17,18). The molecule has 20 heavy (non-hydrogen) atoms. The molecule has 1 unspecified atom stereocenters. The Morgan fingerprint density at radius 2 is 2.10 bits per heavy atom. The molecule has 0 bridgehead atoms. The van der Waals surface area contributed by atoms with E-state index in [1.54, 1.807) is 7.11 Å². The summed E-state index contributed by atoms with van der Waals surface area (Å²) in [4.78, 5) is 5.38. The molecule has 1 aromatic carbocycles. The Bertz CT molecular complexity index is 601. The summed E-state index contributed by atoms with van der Waals surface area (Å²) in [7, 11) is 1.64. The van der Waals surface area contributed by atoms with Crippen molar-refractivity contribution in [3.63, 3.8) is 0 Å². The Hall–Kier alpha value is -1.53.